The summed E-state index contributed by atoms with van der Waals surface area (Å²) in [6, 6.07) is 9.15. The Balaban J connectivity index is 1.51. The van der Waals surface area contributed by atoms with E-state index >= 15 is 0 Å². The molecule has 0 bridgehead atoms. The number of hydrogen-bond acceptors (Lipinski definition) is 4. The van der Waals surface area contributed by atoms with Crippen LogP contribution in [0.2, 0.25) is 0 Å². The van der Waals surface area contributed by atoms with Crippen molar-refractivity contribution >= 4 is 11.6 Å². The van der Waals surface area contributed by atoms with Crippen LogP contribution in [0.25, 0.3) is 5.65 Å². The van der Waals surface area contributed by atoms with Crippen LogP contribution in [0.4, 0.5) is 13.2 Å². The monoisotopic (exact) mass is 418 g/mol. The molecule has 4 rings (SSSR count). The number of piperidine rings is 1. The van der Waals surface area contributed by atoms with Gasteiger partial charge in [0.25, 0.3) is 5.91 Å². The van der Waals surface area contributed by atoms with Gasteiger partial charge in [0.2, 0.25) is 5.82 Å². The quantitative estimate of drug-likeness (QED) is 0.638. The summed E-state index contributed by atoms with van der Waals surface area (Å²) < 4.78 is 47.1. The minimum Gasteiger partial charge on any atom is -0.492 e. The maximum atomic E-state index is 13.3. The molecule has 2 aromatic heterocycles. The Morgan fingerprint density at radius 1 is 1.13 bits per heavy atom. The number of rotatable bonds is 4. The molecule has 1 fully saturated rings. The van der Waals surface area contributed by atoms with Gasteiger partial charge in [0.05, 0.1) is 18.4 Å². The number of ether oxygens (including phenoxy) is 1. The van der Waals surface area contributed by atoms with Crippen molar-refractivity contribution in [2.75, 3.05) is 19.7 Å². The van der Waals surface area contributed by atoms with E-state index in [0.29, 0.717) is 49.5 Å². The number of pyridine rings is 1. The number of aromatic nitrogens is 3. The van der Waals surface area contributed by atoms with E-state index in [-0.39, 0.29) is 17.6 Å². The molecule has 1 amide bonds. The van der Waals surface area contributed by atoms with Crippen LogP contribution in [0, 0.1) is 0 Å². The number of nitrogens with zero attached hydrogens (tertiary/aromatic N) is 4. The number of alkyl halides is 3. The fourth-order valence-corrected chi connectivity index (χ4v) is 3.92. The molecule has 1 aliphatic rings. The summed E-state index contributed by atoms with van der Waals surface area (Å²) in [4.78, 5) is 14.6. The minimum absolute atomic E-state index is 0.167. The summed E-state index contributed by atoms with van der Waals surface area (Å²) in [5, 5.41) is 8.03. The second kappa shape index (κ2) is 7.97. The number of benzene rings is 1. The molecule has 1 aliphatic heterocycles. The van der Waals surface area contributed by atoms with Gasteiger partial charge < -0.3 is 9.64 Å². The molecular formula is C21H21F3N4O2. The molecule has 9 heteroatoms. The van der Waals surface area contributed by atoms with Gasteiger partial charge in [0.1, 0.15) is 5.75 Å². The minimum atomic E-state index is -4.39. The van der Waals surface area contributed by atoms with Crippen molar-refractivity contribution < 1.29 is 22.7 Å². The summed E-state index contributed by atoms with van der Waals surface area (Å²) >= 11 is 0. The van der Waals surface area contributed by atoms with Crippen LogP contribution >= 0.6 is 0 Å². The van der Waals surface area contributed by atoms with E-state index < -0.39 is 11.7 Å². The lowest BCUT2D eigenvalue weighted by Crippen LogP contribution is -2.39. The van der Waals surface area contributed by atoms with E-state index in [4.69, 9.17) is 4.74 Å². The summed E-state index contributed by atoms with van der Waals surface area (Å²) in [7, 11) is 0. The van der Waals surface area contributed by atoms with Crippen LogP contribution < -0.4 is 4.74 Å². The summed E-state index contributed by atoms with van der Waals surface area (Å²) in [6.45, 7) is 3.07. The van der Waals surface area contributed by atoms with Gasteiger partial charge in [0, 0.05) is 13.1 Å². The Morgan fingerprint density at radius 2 is 1.87 bits per heavy atom. The standard InChI is InChI=1S/C21H21F3N4O2/c1-2-30-15-7-8-18-25-26-19(28(18)13-15)20(29)27-11-9-14(10-12-27)16-5-3-4-6-17(16)21(22,23)24/h3-8,13-14H,2,9-12H2,1H3. The van der Waals surface area contributed by atoms with Crippen molar-refractivity contribution in [2.45, 2.75) is 31.9 Å². The lowest BCUT2D eigenvalue weighted by molar-refractivity contribution is -0.138. The normalized spacial score (nSPS) is 15.5. The van der Waals surface area contributed by atoms with Gasteiger partial charge in [-0.25, -0.2) is 0 Å². The molecule has 0 atom stereocenters. The number of fused-ring (bicyclic) bond motifs is 1. The first-order chi connectivity index (χ1) is 14.4. The Bertz CT molecular complexity index is 1060. The second-order valence-corrected chi connectivity index (χ2v) is 7.20. The Kier molecular flexibility index (Phi) is 5.36. The van der Waals surface area contributed by atoms with Gasteiger partial charge in [-0.2, -0.15) is 13.2 Å². The third kappa shape index (κ3) is 3.83. The van der Waals surface area contributed by atoms with E-state index in [2.05, 4.69) is 10.2 Å². The van der Waals surface area contributed by atoms with Gasteiger partial charge in [0.15, 0.2) is 5.65 Å². The zero-order chi connectivity index (χ0) is 21.3. The van der Waals surface area contributed by atoms with E-state index in [0.717, 1.165) is 6.07 Å². The maximum Gasteiger partial charge on any atom is 0.416 e. The first kappa shape index (κ1) is 20.2. The Hall–Kier alpha value is -3.10. The highest BCUT2D eigenvalue weighted by atomic mass is 19.4. The molecule has 0 spiro atoms. The van der Waals surface area contributed by atoms with E-state index in [9.17, 15) is 18.0 Å². The third-order valence-corrected chi connectivity index (χ3v) is 5.37. The molecule has 0 aliphatic carbocycles. The largest absolute Gasteiger partial charge is 0.492 e. The van der Waals surface area contributed by atoms with Crippen LogP contribution in [0.5, 0.6) is 5.75 Å². The van der Waals surface area contributed by atoms with Gasteiger partial charge in [-0.1, -0.05) is 18.2 Å². The molecule has 0 radical (unpaired) electrons. The van der Waals surface area contributed by atoms with Crippen molar-refractivity contribution in [3.8, 4) is 5.75 Å². The average molecular weight is 418 g/mol. The van der Waals surface area contributed by atoms with Crippen LogP contribution in [-0.2, 0) is 6.18 Å². The van der Waals surface area contributed by atoms with Gasteiger partial charge in [-0.3, -0.25) is 9.20 Å². The zero-order valence-electron chi connectivity index (χ0n) is 16.4. The van der Waals surface area contributed by atoms with Crippen molar-refractivity contribution in [2.24, 2.45) is 0 Å². The fourth-order valence-electron chi connectivity index (χ4n) is 3.92. The van der Waals surface area contributed by atoms with Crippen LogP contribution in [0.1, 0.15) is 47.4 Å². The number of carbonyl (C=O) groups excluding carboxylic acids is 1. The SMILES string of the molecule is CCOc1ccc2nnc(C(=O)N3CCC(c4ccccc4C(F)(F)F)CC3)n2c1. The topological polar surface area (TPSA) is 59.7 Å². The number of hydrogen-bond donors (Lipinski definition) is 0. The molecule has 158 valence electrons. The highest BCUT2D eigenvalue weighted by Gasteiger charge is 2.36. The fraction of sp³-hybridized carbons (Fsp3) is 0.381. The predicted molar refractivity (Wildman–Crippen MR) is 103 cm³/mol. The Morgan fingerprint density at radius 3 is 2.57 bits per heavy atom. The molecule has 6 nitrogen and oxygen atoms in total. The Labute approximate surface area is 171 Å². The number of halogens is 3. The second-order valence-electron chi connectivity index (χ2n) is 7.20. The highest BCUT2D eigenvalue weighted by Crippen LogP contribution is 2.38. The van der Waals surface area contributed by atoms with E-state index in [1.54, 1.807) is 33.7 Å². The van der Waals surface area contributed by atoms with Gasteiger partial charge in [-0.15, -0.1) is 10.2 Å². The molecule has 30 heavy (non-hydrogen) atoms. The zero-order valence-corrected chi connectivity index (χ0v) is 16.4. The lowest BCUT2D eigenvalue weighted by Gasteiger charge is -2.32. The molecule has 1 saturated heterocycles. The van der Waals surface area contributed by atoms with Crippen molar-refractivity contribution in [1.29, 1.82) is 0 Å². The number of amides is 1. The van der Waals surface area contributed by atoms with Gasteiger partial charge >= 0.3 is 6.18 Å². The average Bonchev–Trinajstić information content (AvgIpc) is 3.16. The molecule has 0 saturated carbocycles. The first-order valence-corrected chi connectivity index (χ1v) is 9.81. The van der Waals surface area contributed by atoms with Crippen molar-refractivity contribution in [1.82, 2.24) is 19.5 Å². The molecule has 3 heterocycles. The maximum absolute atomic E-state index is 13.3. The molecule has 0 N–H and O–H groups in total. The smallest absolute Gasteiger partial charge is 0.416 e. The van der Waals surface area contributed by atoms with E-state index in [1.165, 1.54) is 12.1 Å². The predicted octanol–water partition coefficient (Wildman–Crippen LogP) is 4.17. The van der Waals surface area contributed by atoms with Gasteiger partial charge in [-0.05, 0) is 49.4 Å². The molecule has 1 aromatic carbocycles. The number of carbonyl (C=O) groups is 1. The summed E-state index contributed by atoms with van der Waals surface area (Å²) in [5.74, 6) is 0.229. The van der Waals surface area contributed by atoms with Crippen molar-refractivity contribution in [3.63, 3.8) is 0 Å². The first-order valence-electron chi connectivity index (χ1n) is 9.81. The number of likely N-dealkylation sites (tertiary alicyclic amines) is 1. The summed E-state index contributed by atoms with van der Waals surface area (Å²) in [5.41, 5.74) is 0.226. The van der Waals surface area contributed by atoms with Crippen LogP contribution in [0.3, 0.4) is 0 Å². The van der Waals surface area contributed by atoms with E-state index in [1.807, 2.05) is 6.92 Å². The van der Waals surface area contributed by atoms with Crippen molar-refractivity contribution in [3.05, 3.63) is 59.5 Å². The molecule has 3 aromatic rings. The van der Waals surface area contributed by atoms with Crippen LogP contribution in [-0.4, -0.2) is 45.1 Å². The van der Waals surface area contributed by atoms with Crippen LogP contribution in [0.15, 0.2) is 42.6 Å². The molecular weight excluding hydrogens is 397 g/mol. The summed E-state index contributed by atoms with van der Waals surface area (Å²) in [6.07, 6.45) is -1.81. The molecule has 0 unspecified atom stereocenters. The lowest BCUT2D eigenvalue weighted by atomic mass is 9.86. The third-order valence-electron chi connectivity index (χ3n) is 5.37. The highest BCUT2D eigenvalue weighted by molar-refractivity contribution is 5.91.